The average Bonchev–Trinajstić information content (AvgIpc) is 2.46. The molecule has 1 saturated heterocycles. The van der Waals surface area contributed by atoms with Crippen LogP contribution in [0.1, 0.15) is 28.8 Å². The minimum Gasteiger partial charge on any atom is -0.496 e. The van der Waals surface area contributed by atoms with Gasteiger partial charge in [-0.15, -0.1) is 0 Å². The van der Waals surface area contributed by atoms with Crippen LogP contribution < -0.4 is 10.1 Å². The number of piperidine rings is 1. The van der Waals surface area contributed by atoms with Gasteiger partial charge in [-0.25, -0.2) is 0 Å². The standard InChI is InChI=1S/C15H22N2O2/c1-11-6-7-14(19-3)13(9-11)15(18)17(2)12-5-4-8-16-10-12/h6-7,9,12,16H,4-5,8,10H2,1-3H3. The molecular weight excluding hydrogens is 240 g/mol. The van der Waals surface area contributed by atoms with Gasteiger partial charge >= 0.3 is 0 Å². The molecule has 0 spiro atoms. The highest BCUT2D eigenvalue weighted by molar-refractivity contribution is 5.97. The van der Waals surface area contributed by atoms with Crippen LogP contribution in [-0.2, 0) is 0 Å². The molecule has 19 heavy (non-hydrogen) atoms. The zero-order valence-electron chi connectivity index (χ0n) is 11.9. The molecule has 104 valence electrons. The zero-order valence-corrected chi connectivity index (χ0v) is 11.9. The number of likely N-dealkylation sites (N-methyl/N-ethyl adjacent to an activating group) is 1. The Labute approximate surface area is 114 Å². The van der Waals surface area contributed by atoms with E-state index in [9.17, 15) is 4.79 Å². The third kappa shape index (κ3) is 3.07. The highest BCUT2D eigenvalue weighted by atomic mass is 16.5. The fraction of sp³-hybridized carbons (Fsp3) is 0.533. The van der Waals surface area contributed by atoms with E-state index in [0.29, 0.717) is 11.3 Å². The number of carbonyl (C=O) groups excluding carboxylic acids is 1. The van der Waals surface area contributed by atoms with Crippen molar-refractivity contribution >= 4 is 5.91 Å². The Morgan fingerprint density at radius 1 is 1.47 bits per heavy atom. The zero-order chi connectivity index (χ0) is 13.8. The summed E-state index contributed by atoms with van der Waals surface area (Å²) in [6, 6.07) is 5.98. The van der Waals surface area contributed by atoms with Crippen LogP contribution in [0, 0.1) is 6.92 Å². The average molecular weight is 262 g/mol. The van der Waals surface area contributed by atoms with E-state index in [1.54, 1.807) is 7.11 Å². The molecule has 1 N–H and O–H groups in total. The predicted octanol–water partition coefficient (Wildman–Crippen LogP) is 1.83. The Balaban J connectivity index is 2.20. The van der Waals surface area contributed by atoms with Gasteiger partial charge in [-0.2, -0.15) is 0 Å². The van der Waals surface area contributed by atoms with Crippen LogP contribution in [0.3, 0.4) is 0 Å². The normalized spacial score (nSPS) is 19.0. The van der Waals surface area contributed by atoms with Crippen LogP contribution in [0.25, 0.3) is 0 Å². The van der Waals surface area contributed by atoms with Gasteiger partial charge in [0, 0.05) is 19.6 Å². The lowest BCUT2D eigenvalue weighted by molar-refractivity contribution is 0.0705. The van der Waals surface area contributed by atoms with Crippen molar-refractivity contribution in [2.45, 2.75) is 25.8 Å². The maximum Gasteiger partial charge on any atom is 0.257 e. The van der Waals surface area contributed by atoms with Crippen LogP contribution >= 0.6 is 0 Å². The van der Waals surface area contributed by atoms with E-state index < -0.39 is 0 Å². The SMILES string of the molecule is COc1ccc(C)cc1C(=O)N(C)C1CCCNC1. The lowest BCUT2D eigenvalue weighted by Crippen LogP contribution is -2.46. The predicted molar refractivity (Wildman–Crippen MR) is 75.7 cm³/mol. The number of amides is 1. The molecule has 1 aromatic rings. The molecule has 1 aromatic carbocycles. The quantitative estimate of drug-likeness (QED) is 0.903. The minimum absolute atomic E-state index is 0.0363. The Hall–Kier alpha value is -1.55. The van der Waals surface area contributed by atoms with Crippen molar-refractivity contribution in [1.82, 2.24) is 10.2 Å². The van der Waals surface area contributed by atoms with Gasteiger partial charge in [-0.1, -0.05) is 11.6 Å². The number of ether oxygens (including phenoxy) is 1. The maximum atomic E-state index is 12.6. The third-order valence-corrected chi connectivity index (χ3v) is 3.72. The van der Waals surface area contributed by atoms with Crippen molar-refractivity contribution in [3.63, 3.8) is 0 Å². The summed E-state index contributed by atoms with van der Waals surface area (Å²) in [5.74, 6) is 0.681. The molecule has 1 fully saturated rings. The monoisotopic (exact) mass is 262 g/mol. The first-order chi connectivity index (χ1) is 9.13. The number of benzene rings is 1. The van der Waals surface area contributed by atoms with Gasteiger partial charge in [0.15, 0.2) is 0 Å². The molecule has 1 aliphatic rings. The number of aryl methyl sites for hydroxylation is 1. The van der Waals surface area contributed by atoms with Crippen molar-refractivity contribution in [2.24, 2.45) is 0 Å². The molecule has 1 amide bonds. The number of nitrogens with one attached hydrogen (secondary N) is 1. The van der Waals surface area contributed by atoms with Crippen LogP contribution in [0.15, 0.2) is 18.2 Å². The van der Waals surface area contributed by atoms with Gasteiger partial charge in [0.05, 0.1) is 12.7 Å². The number of hydrogen-bond donors (Lipinski definition) is 1. The van der Waals surface area contributed by atoms with Crippen molar-refractivity contribution in [3.8, 4) is 5.75 Å². The summed E-state index contributed by atoms with van der Waals surface area (Å²) >= 11 is 0. The van der Waals surface area contributed by atoms with Gasteiger partial charge < -0.3 is 15.0 Å². The first kappa shape index (κ1) is 13.9. The van der Waals surface area contributed by atoms with E-state index in [2.05, 4.69) is 5.32 Å². The maximum absolute atomic E-state index is 12.6. The topological polar surface area (TPSA) is 41.6 Å². The summed E-state index contributed by atoms with van der Waals surface area (Å²) in [5.41, 5.74) is 1.72. The van der Waals surface area contributed by atoms with E-state index in [1.807, 2.05) is 37.1 Å². The second-order valence-electron chi connectivity index (χ2n) is 5.12. The largest absolute Gasteiger partial charge is 0.496 e. The fourth-order valence-corrected chi connectivity index (χ4v) is 2.51. The summed E-state index contributed by atoms with van der Waals surface area (Å²) in [4.78, 5) is 14.4. The number of rotatable bonds is 3. The first-order valence-corrected chi connectivity index (χ1v) is 6.76. The number of hydrogen-bond acceptors (Lipinski definition) is 3. The summed E-state index contributed by atoms with van der Waals surface area (Å²) in [6.07, 6.45) is 2.18. The highest BCUT2D eigenvalue weighted by Crippen LogP contribution is 2.22. The lowest BCUT2D eigenvalue weighted by Gasteiger charge is -2.32. The number of methoxy groups -OCH3 is 1. The van der Waals surface area contributed by atoms with E-state index in [4.69, 9.17) is 4.74 Å². The molecule has 2 rings (SSSR count). The van der Waals surface area contributed by atoms with Crippen molar-refractivity contribution in [2.75, 3.05) is 27.2 Å². The Bertz CT molecular complexity index is 453. The second-order valence-corrected chi connectivity index (χ2v) is 5.12. The third-order valence-electron chi connectivity index (χ3n) is 3.72. The molecule has 0 aliphatic carbocycles. The summed E-state index contributed by atoms with van der Waals surface area (Å²) in [5, 5.41) is 3.34. The minimum atomic E-state index is 0.0363. The molecule has 1 unspecified atom stereocenters. The van der Waals surface area contributed by atoms with Crippen LogP contribution in [0.4, 0.5) is 0 Å². The molecule has 0 aromatic heterocycles. The fourth-order valence-electron chi connectivity index (χ4n) is 2.51. The van der Waals surface area contributed by atoms with Gasteiger partial charge in [-0.3, -0.25) is 4.79 Å². The molecule has 0 bridgehead atoms. The van der Waals surface area contributed by atoms with Gasteiger partial charge in [0.1, 0.15) is 5.75 Å². The first-order valence-electron chi connectivity index (χ1n) is 6.76. The molecular formula is C15H22N2O2. The van der Waals surface area contributed by atoms with E-state index in [1.165, 1.54) is 0 Å². The summed E-state index contributed by atoms with van der Waals surface area (Å²) in [6.45, 7) is 3.90. The van der Waals surface area contributed by atoms with E-state index in [0.717, 1.165) is 31.5 Å². The Morgan fingerprint density at radius 3 is 2.89 bits per heavy atom. The summed E-state index contributed by atoms with van der Waals surface area (Å²) in [7, 11) is 3.48. The van der Waals surface area contributed by atoms with Crippen molar-refractivity contribution < 1.29 is 9.53 Å². The van der Waals surface area contributed by atoms with Gasteiger partial charge in [-0.05, 0) is 38.4 Å². The molecule has 1 atom stereocenters. The Kier molecular flexibility index (Phi) is 4.43. The van der Waals surface area contributed by atoms with Crippen LogP contribution in [0.2, 0.25) is 0 Å². The lowest BCUT2D eigenvalue weighted by atomic mass is 10.0. The van der Waals surface area contributed by atoms with Gasteiger partial charge in [0.2, 0.25) is 0 Å². The van der Waals surface area contributed by atoms with Crippen LogP contribution in [-0.4, -0.2) is 44.1 Å². The van der Waals surface area contributed by atoms with Gasteiger partial charge in [0.25, 0.3) is 5.91 Å². The number of carbonyl (C=O) groups is 1. The second kappa shape index (κ2) is 6.06. The molecule has 4 heteroatoms. The molecule has 0 saturated carbocycles. The molecule has 4 nitrogen and oxygen atoms in total. The van der Waals surface area contributed by atoms with Crippen molar-refractivity contribution in [3.05, 3.63) is 29.3 Å². The van der Waals surface area contributed by atoms with E-state index in [-0.39, 0.29) is 11.9 Å². The molecule has 0 radical (unpaired) electrons. The number of nitrogens with zero attached hydrogens (tertiary/aromatic N) is 1. The van der Waals surface area contributed by atoms with Crippen molar-refractivity contribution in [1.29, 1.82) is 0 Å². The highest BCUT2D eigenvalue weighted by Gasteiger charge is 2.24. The molecule has 1 aliphatic heterocycles. The Morgan fingerprint density at radius 2 is 2.26 bits per heavy atom. The van der Waals surface area contributed by atoms with E-state index >= 15 is 0 Å². The summed E-state index contributed by atoms with van der Waals surface area (Å²) < 4.78 is 5.30. The molecule has 1 heterocycles. The smallest absolute Gasteiger partial charge is 0.257 e. The van der Waals surface area contributed by atoms with Crippen LogP contribution in [0.5, 0.6) is 5.75 Å².